The minimum atomic E-state index is -0.0941. The minimum absolute atomic E-state index is 0.0941. The van der Waals surface area contributed by atoms with E-state index in [-0.39, 0.29) is 11.7 Å². The van der Waals surface area contributed by atoms with Crippen LogP contribution in [0.2, 0.25) is 0 Å². The second-order valence-electron chi connectivity index (χ2n) is 4.33. The zero-order valence-corrected chi connectivity index (χ0v) is 11.8. The smallest absolute Gasteiger partial charge is 0.234 e. The van der Waals surface area contributed by atoms with Gasteiger partial charge >= 0.3 is 0 Å². The average Bonchev–Trinajstić information content (AvgIpc) is 2.48. The van der Waals surface area contributed by atoms with Gasteiger partial charge in [-0.25, -0.2) is 0 Å². The summed E-state index contributed by atoms with van der Waals surface area (Å²) in [5.74, 6) is 0.101. The van der Waals surface area contributed by atoms with E-state index < -0.39 is 0 Å². The van der Waals surface area contributed by atoms with Gasteiger partial charge in [-0.1, -0.05) is 43.3 Å². The lowest BCUT2D eigenvalue weighted by Crippen LogP contribution is -2.12. The van der Waals surface area contributed by atoms with E-state index in [1.165, 1.54) is 11.1 Å². The van der Waals surface area contributed by atoms with Gasteiger partial charge in [0.2, 0.25) is 5.91 Å². The molecule has 2 rings (SSSR count). The van der Waals surface area contributed by atoms with Gasteiger partial charge in [0.1, 0.15) is 0 Å². The lowest BCUT2D eigenvalue weighted by atomic mass is 10.0. The Kier molecular flexibility index (Phi) is 4.63. The molecule has 0 unspecified atom stereocenters. The molecule has 0 atom stereocenters. The van der Waals surface area contributed by atoms with Crippen LogP contribution in [0, 0.1) is 0 Å². The van der Waals surface area contributed by atoms with Crippen molar-refractivity contribution in [1.82, 2.24) is 0 Å². The monoisotopic (exact) mass is 271 g/mol. The van der Waals surface area contributed by atoms with E-state index in [9.17, 15) is 4.79 Å². The highest BCUT2D eigenvalue weighted by atomic mass is 32.1. The van der Waals surface area contributed by atoms with Crippen LogP contribution >= 0.6 is 12.6 Å². The van der Waals surface area contributed by atoms with Crippen molar-refractivity contribution >= 4 is 24.2 Å². The highest BCUT2D eigenvalue weighted by Gasteiger charge is 2.01. The minimum Gasteiger partial charge on any atom is -0.325 e. The van der Waals surface area contributed by atoms with E-state index in [2.05, 4.69) is 49.1 Å². The molecule has 0 aromatic heterocycles. The fourth-order valence-corrected chi connectivity index (χ4v) is 1.96. The fraction of sp³-hybridized carbons (Fsp3) is 0.188. The summed E-state index contributed by atoms with van der Waals surface area (Å²) in [7, 11) is 0. The number of benzene rings is 2. The van der Waals surface area contributed by atoms with E-state index in [1.54, 1.807) is 0 Å². The molecule has 0 saturated carbocycles. The van der Waals surface area contributed by atoms with Crippen molar-refractivity contribution in [2.75, 3.05) is 11.1 Å². The molecule has 2 aromatic carbocycles. The number of hydrogen-bond donors (Lipinski definition) is 2. The Hall–Kier alpha value is -1.74. The fourth-order valence-electron chi connectivity index (χ4n) is 1.88. The second kappa shape index (κ2) is 6.43. The van der Waals surface area contributed by atoms with Gasteiger partial charge in [-0.2, -0.15) is 12.6 Å². The zero-order valence-electron chi connectivity index (χ0n) is 10.9. The molecule has 19 heavy (non-hydrogen) atoms. The Morgan fingerprint density at radius 2 is 1.53 bits per heavy atom. The van der Waals surface area contributed by atoms with Gasteiger partial charge in [-0.3, -0.25) is 4.79 Å². The summed E-state index contributed by atoms with van der Waals surface area (Å²) in [4.78, 5) is 11.2. The lowest BCUT2D eigenvalue weighted by molar-refractivity contribution is -0.113. The molecule has 0 heterocycles. The van der Waals surface area contributed by atoms with Crippen molar-refractivity contribution < 1.29 is 4.79 Å². The number of amides is 1. The molecule has 98 valence electrons. The lowest BCUT2D eigenvalue weighted by Gasteiger charge is -2.06. The van der Waals surface area contributed by atoms with Gasteiger partial charge in [0.25, 0.3) is 0 Å². The molecule has 0 fully saturated rings. The maximum absolute atomic E-state index is 11.2. The van der Waals surface area contributed by atoms with Crippen LogP contribution in [-0.2, 0) is 11.2 Å². The Balaban J connectivity index is 2.14. The molecule has 0 saturated heterocycles. The van der Waals surface area contributed by atoms with Crippen LogP contribution < -0.4 is 5.32 Å². The summed E-state index contributed by atoms with van der Waals surface area (Å²) in [6.07, 6.45) is 1.05. The van der Waals surface area contributed by atoms with Crippen LogP contribution in [0.15, 0.2) is 48.5 Å². The molecule has 0 aliphatic carbocycles. The maximum atomic E-state index is 11.2. The van der Waals surface area contributed by atoms with Crippen molar-refractivity contribution in [3.8, 4) is 11.1 Å². The number of anilines is 1. The molecule has 1 N–H and O–H groups in total. The number of aryl methyl sites for hydroxylation is 1. The Morgan fingerprint density at radius 1 is 1.00 bits per heavy atom. The average molecular weight is 271 g/mol. The molecule has 2 nitrogen and oxygen atoms in total. The van der Waals surface area contributed by atoms with E-state index in [1.807, 2.05) is 24.3 Å². The molecular formula is C16H17NOS. The summed E-state index contributed by atoms with van der Waals surface area (Å²) in [6.45, 7) is 2.15. The van der Waals surface area contributed by atoms with E-state index in [4.69, 9.17) is 0 Å². The maximum Gasteiger partial charge on any atom is 0.234 e. The molecule has 0 aliphatic rings. The first kappa shape index (κ1) is 13.7. The van der Waals surface area contributed by atoms with Gasteiger partial charge < -0.3 is 5.32 Å². The first-order valence-corrected chi connectivity index (χ1v) is 6.96. The van der Waals surface area contributed by atoms with Crippen LogP contribution in [-0.4, -0.2) is 11.7 Å². The van der Waals surface area contributed by atoms with Crippen LogP contribution in [0.5, 0.6) is 0 Å². The first-order valence-electron chi connectivity index (χ1n) is 6.33. The van der Waals surface area contributed by atoms with Crippen molar-refractivity contribution in [3.63, 3.8) is 0 Å². The third kappa shape index (κ3) is 3.61. The van der Waals surface area contributed by atoms with Gasteiger partial charge in [0, 0.05) is 5.69 Å². The topological polar surface area (TPSA) is 29.1 Å². The van der Waals surface area contributed by atoms with Crippen molar-refractivity contribution in [3.05, 3.63) is 54.1 Å². The number of rotatable bonds is 4. The summed E-state index contributed by atoms with van der Waals surface area (Å²) in [5.41, 5.74) is 4.46. The standard InChI is InChI=1S/C16H17NOS/c1-2-12-3-5-13(6-4-12)14-7-9-15(10-8-14)17-16(18)11-19/h3-10,19H,2,11H2,1H3,(H,17,18). The number of thiol groups is 1. The summed E-state index contributed by atoms with van der Waals surface area (Å²) in [5, 5.41) is 2.77. The molecule has 0 bridgehead atoms. The first-order chi connectivity index (χ1) is 9.22. The van der Waals surface area contributed by atoms with Crippen LogP contribution in [0.25, 0.3) is 11.1 Å². The Morgan fingerprint density at radius 3 is 2.00 bits per heavy atom. The normalized spacial score (nSPS) is 10.2. The number of nitrogens with one attached hydrogen (secondary N) is 1. The number of hydrogen-bond acceptors (Lipinski definition) is 2. The van der Waals surface area contributed by atoms with Crippen molar-refractivity contribution in [1.29, 1.82) is 0 Å². The molecule has 3 heteroatoms. The van der Waals surface area contributed by atoms with Crippen LogP contribution in [0.1, 0.15) is 12.5 Å². The molecule has 0 aliphatic heterocycles. The van der Waals surface area contributed by atoms with Crippen molar-refractivity contribution in [2.45, 2.75) is 13.3 Å². The second-order valence-corrected chi connectivity index (χ2v) is 4.65. The molecule has 2 aromatic rings. The third-order valence-electron chi connectivity index (χ3n) is 3.01. The highest BCUT2D eigenvalue weighted by Crippen LogP contribution is 2.22. The summed E-state index contributed by atoms with van der Waals surface area (Å²) >= 11 is 3.93. The van der Waals surface area contributed by atoms with Gasteiger partial charge in [0.05, 0.1) is 5.75 Å². The summed E-state index contributed by atoms with van der Waals surface area (Å²) < 4.78 is 0. The van der Waals surface area contributed by atoms with Crippen LogP contribution in [0.4, 0.5) is 5.69 Å². The zero-order chi connectivity index (χ0) is 13.7. The molecular weight excluding hydrogens is 254 g/mol. The largest absolute Gasteiger partial charge is 0.325 e. The molecule has 0 spiro atoms. The van der Waals surface area contributed by atoms with Gasteiger partial charge in [-0.15, -0.1) is 0 Å². The van der Waals surface area contributed by atoms with E-state index in [0.29, 0.717) is 0 Å². The Labute approximate surface area is 119 Å². The van der Waals surface area contributed by atoms with Gasteiger partial charge in [-0.05, 0) is 35.2 Å². The predicted molar refractivity (Wildman–Crippen MR) is 83.7 cm³/mol. The third-order valence-corrected chi connectivity index (χ3v) is 3.29. The van der Waals surface area contributed by atoms with E-state index in [0.717, 1.165) is 17.7 Å². The van der Waals surface area contributed by atoms with Gasteiger partial charge in [0.15, 0.2) is 0 Å². The SMILES string of the molecule is CCc1ccc(-c2ccc(NC(=O)CS)cc2)cc1. The van der Waals surface area contributed by atoms with Crippen molar-refractivity contribution in [2.24, 2.45) is 0 Å². The quantitative estimate of drug-likeness (QED) is 0.814. The summed E-state index contributed by atoms with van der Waals surface area (Å²) in [6, 6.07) is 16.4. The Bertz CT molecular complexity index is 546. The predicted octanol–water partition coefficient (Wildman–Crippen LogP) is 3.78. The molecule has 0 radical (unpaired) electrons. The number of carbonyl (C=O) groups is 1. The molecule has 1 amide bonds. The van der Waals surface area contributed by atoms with E-state index >= 15 is 0 Å². The number of carbonyl (C=O) groups excluding carboxylic acids is 1. The van der Waals surface area contributed by atoms with Crippen LogP contribution in [0.3, 0.4) is 0 Å². The highest BCUT2D eigenvalue weighted by molar-refractivity contribution is 7.81.